The lowest BCUT2D eigenvalue weighted by Crippen LogP contribution is -1.96. The Labute approximate surface area is 69.6 Å². The predicted octanol–water partition coefficient (Wildman–Crippen LogP) is 1.26. The van der Waals surface area contributed by atoms with Crippen LogP contribution in [0.5, 0.6) is 0 Å². The molecule has 0 radical (unpaired) electrons. The second-order valence-corrected chi connectivity index (χ2v) is 2.35. The first-order valence-corrected chi connectivity index (χ1v) is 3.56. The molecule has 0 atom stereocenters. The molecule has 0 aromatic rings. The van der Waals surface area contributed by atoms with E-state index in [0.717, 1.165) is 0 Å². The predicted molar refractivity (Wildman–Crippen MR) is 40.9 cm³/mol. The lowest BCUT2D eigenvalue weighted by Gasteiger charge is -1.94. The molecular formula is C7H13FO4. The third-order valence-corrected chi connectivity index (χ3v) is 1.28. The number of carbonyl (C=O) groups is 2. The van der Waals surface area contributed by atoms with E-state index in [9.17, 15) is 9.59 Å². The fourth-order valence-electron chi connectivity index (χ4n) is 0.729. The first kappa shape index (κ1) is 13.5. The van der Waals surface area contributed by atoms with Crippen molar-refractivity contribution in [2.24, 2.45) is 0 Å². The van der Waals surface area contributed by atoms with Gasteiger partial charge in [0, 0.05) is 12.8 Å². The van der Waals surface area contributed by atoms with Gasteiger partial charge in [-0.1, -0.05) is 6.42 Å². The standard InChI is InChI=1S/C7H12O4.FH/c8-6(9)4-2-1-3-5-7(10)11;/h1-5H2,(H,8,9)(H,10,11);1H. The van der Waals surface area contributed by atoms with Gasteiger partial charge in [0.05, 0.1) is 0 Å². The minimum absolute atomic E-state index is 0. The zero-order valence-corrected chi connectivity index (χ0v) is 6.65. The van der Waals surface area contributed by atoms with Crippen molar-refractivity contribution >= 4 is 11.9 Å². The van der Waals surface area contributed by atoms with E-state index in [4.69, 9.17) is 10.2 Å². The third kappa shape index (κ3) is 11.6. The van der Waals surface area contributed by atoms with Crippen LogP contribution in [0.1, 0.15) is 32.1 Å². The Morgan fingerprint density at radius 2 is 1.17 bits per heavy atom. The van der Waals surface area contributed by atoms with E-state index in [0.29, 0.717) is 19.3 Å². The van der Waals surface area contributed by atoms with Gasteiger partial charge in [-0.2, -0.15) is 0 Å². The maximum atomic E-state index is 9.98. The van der Waals surface area contributed by atoms with E-state index >= 15 is 0 Å². The van der Waals surface area contributed by atoms with Crippen LogP contribution in [0.4, 0.5) is 4.70 Å². The van der Waals surface area contributed by atoms with Gasteiger partial charge in [-0.15, -0.1) is 0 Å². The molecule has 0 aliphatic heterocycles. The first-order chi connectivity index (χ1) is 5.13. The molecule has 0 aromatic carbocycles. The molecule has 0 saturated heterocycles. The van der Waals surface area contributed by atoms with Gasteiger partial charge in [-0.3, -0.25) is 14.3 Å². The SMILES string of the molecule is F.O=C(O)CCCCCC(=O)O. The summed E-state index contributed by atoms with van der Waals surface area (Å²) in [6, 6.07) is 0. The number of halogens is 1. The van der Waals surface area contributed by atoms with Gasteiger partial charge in [-0.25, -0.2) is 0 Å². The summed E-state index contributed by atoms with van der Waals surface area (Å²) in [5, 5.41) is 16.4. The van der Waals surface area contributed by atoms with Gasteiger partial charge in [0.2, 0.25) is 0 Å². The molecule has 0 aliphatic rings. The fourth-order valence-corrected chi connectivity index (χ4v) is 0.729. The second kappa shape index (κ2) is 7.97. The number of aliphatic carboxylic acids is 2. The normalized spacial score (nSPS) is 8.67. The molecule has 0 aliphatic carbocycles. The highest BCUT2D eigenvalue weighted by atomic mass is 19.0. The van der Waals surface area contributed by atoms with Gasteiger partial charge in [0.1, 0.15) is 0 Å². The average Bonchev–Trinajstić information content (AvgIpc) is 1.85. The molecule has 0 fully saturated rings. The van der Waals surface area contributed by atoms with Crippen LogP contribution in [0.25, 0.3) is 0 Å². The summed E-state index contributed by atoms with van der Waals surface area (Å²) in [6.07, 6.45) is 2.10. The third-order valence-electron chi connectivity index (χ3n) is 1.28. The number of hydrogen-bond donors (Lipinski definition) is 2. The van der Waals surface area contributed by atoms with Crippen LogP contribution in [0.2, 0.25) is 0 Å². The molecule has 12 heavy (non-hydrogen) atoms. The van der Waals surface area contributed by atoms with E-state index in [2.05, 4.69) is 0 Å². The van der Waals surface area contributed by atoms with Gasteiger partial charge < -0.3 is 10.2 Å². The molecule has 0 rings (SSSR count). The van der Waals surface area contributed by atoms with Gasteiger partial charge in [0.15, 0.2) is 0 Å². The van der Waals surface area contributed by atoms with Gasteiger partial charge in [0.25, 0.3) is 0 Å². The summed E-state index contributed by atoms with van der Waals surface area (Å²) in [5.74, 6) is -1.64. The van der Waals surface area contributed by atoms with E-state index in [1.54, 1.807) is 0 Å². The van der Waals surface area contributed by atoms with Crippen LogP contribution in [0.3, 0.4) is 0 Å². The number of carboxylic acid groups (broad SMARTS) is 2. The molecule has 0 spiro atoms. The molecule has 0 saturated carbocycles. The molecule has 0 unspecified atom stereocenters. The smallest absolute Gasteiger partial charge is 0.303 e. The van der Waals surface area contributed by atoms with Crippen molar-refractivity contribution in [1.82, 2.24) is 0 Å². The zero-order chi connectivity index (χ0) is 8.69. The Balaban J connectivity index is 0. The highest BCUT2D eigenvalue weighted by Crippen LogP contribution is 2.02. The van der Waals surface area contributed by atoms with Crippen molar-refractivity contribution in [3.8, 4) is 0 Å². The highest BCUT2D eigenvalue weighted by molar-refractivity contribution is 5.67. The van der Waals surface area contributed by atoms with E-state index < -0.39 is 11.9 Å². The van der Waals surface area contributed by atoms with E-state index in [-0.39, 0.29) is 17.5 Å². The molecule has 5 heteroatoms. The van der Waals surface area contributed by atoms with Gasteiger partial charge >= 0.3 is 11.9 Å². The van der Waals surface area contributed by atoms with Crippen molar-refractivity contribution in [2.45, 2.75) is 32.1 Å². The van der Waals surface area contributed by atoms with Crippen molar-refractivity contribution in [3.05, 3.63) is 0 Å². The molecule has 0 heterocycles. The van der Waals surface area contributed by atoms with Crippen LogP contribution >= 0.6 is 0 Å². The molecule has 0 bridgehead atoms. The monoisotopic (exact) mass is 180 g/mol. The fraction of sp³-hybridized carbons (Fsp3) is 0.714. The number of hydrogen-bond acceptors (Lipinski definition) is 2. The summed E-state index contributed by atoms with van der Waals surface area (Å²) in [6.45, 7) is 0. The van der Waals surface area contributed by atoms with Crippen LogP contribution in [-0.2, 0) is 9.59 Å². The van der Waals surface area contributed by atoms with Crippen LogP contribution in [-0.4, -0.2) is 22.2 Å². The molecule has 0 amide bonds. The van der Waals surface area contributed by atoms with Crippen molar-refractivity contribution < 1.29 is 24.5 Å². The molecule has 4 nitrogen and oxygen atoms in total. The summed E-state index contributed by atoms with van der Waals surface area (Å²) in [5.41, 5.74) is 0. The summed E-state index contributed by atoms with van der Waals surface area (Å²) in [7, 11) is 0. The summed E-state index contributed by atoms with van der Waals surface area (Å²) in [4.78, 5) is 20.0. The van der Waals surface area contributed by atoms with Gasteiger partial charge in [-0.05, 0) is 12.8 Å². The van der Waals surface area contributed by atoms with Crippen LogP contribution in [0, 0.1) is 0 Å². The van der Waals surface area contributed by atoms with Crippen molar-refractivity contribution in [3.63, 3.8) is 0 Å². The van der Waals surface area contributed by atoms with Crippen molar-refractivity contribution in [2.75, 3.05) is 0 Å². The maximum Gasteiger partial charge on any atom is 0.303 e. The lowest BCUT2D eigenvalue weighted by molar-refractivity contribution is -0.137. The summed E-state index contributed by atoms with van der Waals surface area (Å²) < 4.78 is 0. The maximum absolute atomic E-state index is 9.98. The minimum Gasteiger partial charge on any atom is -0.481 e. The highest BCUT2D eigenvalue weighted by Gasteiger charge is 1.98. The van der Waals surface area contributed by atoms with E-state index in [1.807, 2.05) is 0 Å². The Kier molecular flexibility index (Phi) is 8.94. The molecule has 2 N–H and O–H groups in total. The first-order valence-electron chi connectivity index (χ1n) is 3.56. The largest absolute Gasteiger partial charge is 0.481 e. The Bertz CT molecular complexity index is 130. The Morgan fingerprint density at radius 1 is 0.833 bits per heavy atom. The number of rotatable bonds is 6. The molecule has 0 aromatic heterocycles. The van der Waals surface area contributed by atoms with E-state index in [1.165, 1.54) is 0 Å². The topological polar surface area (TPSA) is 74.6 Å². The number of carboxylic acids is 2. The number of unbranched alkanes of at least 4 members (excludes halogenated alkanes) is 2. The molecule has 72 valence electrons. The Hall–Kier alpha value is -1.13. The van der Waals surface area contributed by atoms with Crippen LogP contribution in [0.15, 0.2) is 0 Å². The second-order valence-electron chi connectivity index (χ2n) is 2.35. The summed E-state index contributed by atoms with van der Waals surface area (Å²) >= 11 is 0. The Morgan fingerprint density at radius 3 is 1.42 bits per heavy atom. The zero-order valence-electron chi connectivity index (χ0n) is 6.65. The quantitative estimate of drug-likeness (QED) is 0.603. The lowest BCUT2D eigenvalue weighted by atomic mass is 10.1. The minimum atomic E-state index is -0.819. The van der Waals surface area contributed by atoms with Crippen molar-refractivity contribution in [1.29, 1.82) is 0 Å². The molecular weight excluding hydrogens is 167 g/mol. The van der Waals surface area contributed by atoms with Crippen LogP contribution < -0.4 is 0 Å². The average molecular weight is 180 g/mol.